The van der Waals surface area contributed by atoms with Gasteiger partial charge in [-0.2, -0.15) is 0 Å². The van der Waals surface area contributed by atoms with Crippen molar-refractivity contribution in [3.63, 3.8) is 0 Å². The lowest BCUT2D eigenvalue weighted by Crippen LogP contribution is -2.03. The van der Waals surface area contributed by atoms with E-state index in [4.69, 9.17) is 29.9 Å². The van der Waals surface area contributed by atoms with E-state index in [0.29, 0.717) is 34.9 Å². The lowest BCUT2D eigenvalue weighted by atomic mass is 9.96. The van der Waals surface area contributed by atoms with Gasteiger partial charge in [0.05, 0.1) is 0 Å². The third-order valence-corrected chi connectivity index (χ3v) is 10.4. The first-order valence-electron chi connectivity index (χ1n) is 19.5. The Balaban J connectivity index is 0.937. The number of fused-ring (bicyclic) bond motifs is 1. The van der Waals surface area contributed by atoms with Crippen LogP contribution in [0.3, 0.4) is 0 Å². The molecule has 1 aliphatic carbocycles. The number of allylic oxidation sites excluding steroid dienone is 4. The van der Waals surface area contributed by atoms with E-state index in [1.165, 1.54) is 10.8 Å². The predicted octanol–water partition coefficient (Wildman–Crippen LogP) is 12.6. The topological polar surface area (TPSA) is 77.3 Å². The molecule has 0 spiro atoms. The molecule has 0 amide bonds. The Morgan fingerprint density at radius 1 is 0.276 bits per heavy atom. The fourth-order valence-electron chi connectivity index (χ4n) is 7.30. The van der Waals surface area contributed by atoms with E-state index < -0.39 is 0 Å². The number of benzene rings is 7. The summed E-state index contributed by atoms with van der Waals surface area (Å²) in [5, 5.41) is 2.36. The third-order valence-electron chi connectivity index (χ3n) is 10.4. The molecular weight excluding hydrogens is 709 g/mol. The smallest absolute Gasteiger partial charge is 0.164 e. The standard InChI is InChI=1S/C52H36N6/c1-5-13-38(14-6-1)47-53-48(39-15-7-2-8-16-39)56-51(55-47)42-27-21-35(22-28-42)44-31-25-37-26-32-45(34-46(37)33-44)36-23-29-43(30-24-36)52-57-49(40-17-9-3-10-18-40)54-50(58-52)41-19-11-4-12-20-41/h1-3,5-11,13-34H,4,12H2. The highest BCUT2D eigenvalue weighted by Gasteiger charge is 2.15. The van der Waals surface area contributed by atoms with Crippen LogP contribution in [0.15, 0.2) is 194 Å². The van der Waals surface area contributed by atoms with E-state index in [2.05, 4.69) is 103 Å². The maximum atomic E-state index is 4.94. The van der Waals surface area contributed by atoms with Crippen LogP contribution in [0, 0.1) is 0 Å². The quantitative estimate of drug-likeness (QED) is 0.154. The number of nitrogens with zero attached hydrogens (tertiary/aromatic N) is 6. The molecule has 0 saturated heterocycles. The molecule has 0 atom stereocenters. The summed E-state index contributed by atoms with van der Waals surface area (Å²) >= 11 is 0. The highest BCUT2D eigenvalue weighted by atomic mass is 15.0. The van der Waals surface area contributed by atoms with Gasteiger partial charge in [-0.05, 0) is 58.0 Å². The normalized spacial score (nSPS) is 12.4. The average Bonchev–Trinajstić information content (AvgIpc) is 3.32. The Bertz CT molecular complexity index is 2900. The largest absolute Gasteiger partial charge is 0.208 e. The molecule has 9 aromatic rings. The highest BCUT2D eigenvalue weighted by molar-refractivity contribution is 5.91. The molecule has 58 heavy (non-hydrogen) atoms. The van der Waals surface area contributed by atoms with Gasteiger partial charge in [-0.15, -0.1) is 0 Å². The van der Waals surface area contributed by atoms with Crippen molar-refractivity contribution in [2.75, 3.05) is 0 Å². The fraction of sp³-hybridized carbons (Fsp3) is 0.0385. The second-order valence-electron chi connectivity index (χ2n) is 14.3. The molecule has 274 valence electrons. The van der Waals surface area contributed by atoms with Gasteiger partial charge < -0.3 is 0 Å². The molecule has 0 unspecified atom stereocenters. The molecular formula is C52H36N6. The van der Waals surface area contributed by atoms with Crippen LogP contribution in [-0.2, 0) is 0 Å². The van der Waals surface area contributed by atoms with E-state index in [9.17, 15) is 0 Å². The summed E-state index contributed by atoms with van der Waals surface area (Å²) in [4.78, 5) is 29.4. The number of hydrogen-bond acceptors (Lipinski definition) is 6. The van der Waals surface area contributed by atoms with Crippen LogP contribution < -0.4 is 0 Å². The van der Waals surface area contributed by atoms with Crippen molar-refractivity contribution < 1.29 is 0 Å². The first-order chi connectivity index (χ1) is 28.7. The molecule has 0 radical (unpaired) electrons. The van der Waals surface area contributed by atoms with Crippen molar-refractivity contribution in [3.8, 4) is 79.2 Å². The van der Waals surface area contributed by atoms with Gasteiger partial charge in [0.1, 0.15) is 0 Å². The molecule has 1 aliphatic rings. The Kier molecular flexibility index (Phi) is 9.26. The van der Waals surface area contributed by atoms with Crippen molar-refractivity contribution in [1.29, 1.82) is 0 Å². The van der Waals surface area contributed by atoms with Crippen LogP contribution in [0.4, 0.5) is 0 Å². The minimum Gasteiger partial charge on any atom is -0.208 e. The summed E-state index contributed by atoms with van der Waals surface area (Å²) in [6.07, 6.45) is 8.52. The Hall–Kier alpha value is -7.70. The van der Waals surface area contributed by atoms with Crippen molar-refractivity contribution in [1.82, 2.24) is 29.9 Å². The van der Waals surface area contributed by atoms with E-state index in [-0.39, 0.29) is 0 Å². The van der Waals surface area contributed by atoms with Crippen LogP contribution in [-0.4, -0.2) is 29.9 Å². The molecule has 0 saturated carbocycles. The maximum Gasteiger partial charge on any atom is 0.164 e. The van der Waals surface area contributed by atoms with Crippen molar-refractivity contribution >= 4 is 16.3 Å². The first kappa shape index (κ1) is 34.8. The van der Waals surface area contributed by atoms with Gasteiger partial charge in [-0.25, -0.2) is 29.9 Å². The monoisotopic (exact) mass is 744 g/mol. The van der Waals surface area contributed by atoms with Crippen LogP contribution in [0.5, 0.6) is 0 Å². The molecule has 6 heteroatoms. The summed E-state index contributed by atoms with van der Waals surface area (Å²) < 4.78 is 0. The van der Waals surface area contributed by atoms with Crippen molar-refractivity contribution in [3.05, 3.63) is 200 Å². The van der Waals surface area contributed by atoms with Crippen LogP contribution in [0.25, 0.3) is 95.5 Å². The fourth-order valence-corrected chi connectivity index (χ4v) is 7.30. The lowest BCUT2D eigenvalue weighted by Gasteiger charge is -2.11. The molecule has 0 aliphatic heterocycles. The summed E-state index contributed by atoms with van der Waals surface area (Å²) in [7, 11) is 0. The second-order valence-corrected chi connectivity index (χ2v) is 14.3. The van der Waals surface area contributed by atoms with Gasteiger partial charge in [0, 0.05) is 33.4 Å². The van der Waals surface area contributed by atoms with Crippen LogP contribution in [0.1, 0.15) is 18.7 Å². The zero-order chi connectivity index (χ0) is 38.7. The Morgan fingerprint density at radius 2 is 0.621 bits per heavy atom. The van der Waals surface area contributed by atoms with E-state index in [0.717, 1.165) is 68.5 Å². The lowest BCUT2D eigenvalue weighted by molar-refractivity contribution is 1.01. The predicted molar refractivity (Wildman–Crippen MR) is 235 cm³/mol. The van der Waals surface area contributed by atoms with Gasteiger partial charge in [0.25, 0.3) is 0 Å². The zero-order valence-corrected chi connectivity index (χ0v) is 31.6. The van der Waals surface area contributed by atoms with Gasteiger partial charge >= 0.3 is 0 Å². The van der Waals surface area contributed by atoms with E-state index in [1.54, 1.807) is 0 Å². The minimum atomic E-state index is 0.639. The molecule has 6 nitrogen and oxygen atoms in total. The first-order valence-corrected chi connectivity index (χ1v) is 19.5. The minimum absolute atomic E-state index is 0.639. The van der Waals surface area contributed by atoms with E-state index in [1.807, 2.05) is 91.0 Å². The highest BCUT2D eigenvalue weighted by Crippen LogP contribution is 2.32. The molecule has 0 N–H and O–H groups in total. The summed E-state index contributed by atoms with van der Waals surface area (Å²) in [5.74, 6) is 3.97. The molecule has 0 bridgehead atoms. The SMILES string of the molecule is C1=CC(c2nc(-c3ccccc3)nc(-c3ccc(-c4ccc5ccc(-c6ccc(-c7nc(-c8ccccc8)nc(-c8ccccc8)n7)cc6)cc5c4)cc3)n2)=CCC1. The third kappa shape index (κ3) is 7.22. The van der Waals surface area contributed by atoms with Crippen molar-refractivity contribution in [2.24, 2.45) is 0 Å². The Labute approximate surface area is 337 Å². The Morgan fingerprint density at radius 3 is 1.00 bits per heavy atom. The summed E-state index contributed by atoms with van der Waals surface area (Å²) in [6.45, 7) is 0. The van der Waals surface area contributed by atoms with Gasteiger partial charge in [-0.1, -0.05) is 182 Å². The molecule has 2 aromatic heterocycles. The molecule has 7 aromatic carbocycles. The average molecular weight is 745 g/mol. The number of aromatic nitrogens is 6. The maximum absolute atomic E-state index is 4.94. The van der Waals surface area contributed by atoms with Crippen LogP contribution in [0.2, 0.25) is 0 Å². The van der Waals surface area contributed by atoms with Gasteiger partial charge in [-0.3, -0.25) is 0 Å². The van der Waals surface area contributed by atoms with Gasteiger partial charge in [0.2, 0.25) is 0 Å². The van der Waals surface area contributed by atoms with Crippen molar-refractivity contribution in [2.45, 2.75) is 12.8 Å². The van der Waals surface area contributed by atoms with Gasteiger partial charge in [0.15, 0.2) is 34.9 Å². The van der Waals surface area contributed by atoms with E-state index >= 15 is 0 Å². The number of rotatable bonds is 8. The number of hydrogen-bond donors (Lipinski definition) is 0. The molecule has 0 fully saturated rings. The summed E-state index contributed by atoms with van der Waals surface area (Å²) in [5.41, 5.74) is 10.3. The zero-order valence-electron chi connectivity index (χ0n) is 31.6. The molecule has 10 rings (SSSR count). The molecule has 2 heterocycles. The summed E-state index contributed by atoms with van der Waals surface area (Å²) in [6, 6.07) is 60.5. The second kappa shape index (κ2) is 15.4. The van der Waals surface area contributed by atoms with Crippen LogP contribution >= 0.6 is 0 Å².